The summed E-state index contributed by atoms with van der Waals surface area (Å²) in [4.78, 5) is 11.8. The maximum Gasteiger partial charge on any atom is 0.407 e. The average Bonchev–Trinajstić information content (AvgIpc) is 2.87. The van der Waals surface area contributed by atoms with Gasteiger partial charge in [-0.3, -0.25) is 0 Å². The van der Waals surface area contributed by atoms with Gasteiger partial charge in [0.2, 0.25) is 0 Å². The number of carbonyl (C=O) groups excluding carboxylic acids is 1. The van der Waals surface area contributed by atoms with E-state index in [0.29, 0.717) is 6.61 Å². The number of benzene rings is 1. The number of carbonyl (C=O) groups is 1. The fourth-order valence-electron chi connectivity index (χ4n) is 3.39. The Morgan fingerprint density at radius 2 is 2.15 bits per heavy atom. The molecule has 0 radical (unpaired) electrons. The van der Waals surface area contributed by atoms with Crippen LogP contribution in [-0.4, -0.2) is 18.3 Å². The molecule has 1 atom stereocenters. The van der Waals surface area contributed by atoms with E-state index in [0.717, 1.165) is 30.6 Å². The summed E-state index contributed by atoms with van der Waals surface area (Å²) in [5, 5.41) is 2.99. The molecule has 0 saturated heterocycles. The van der Waals surface area contributed by atoms with E-state index in [4.69, 9.17) is 9.47 Å². The minimum absolute atomic E-state index is 0.0166. The number of hydrogen-bond donors (Lipinski definition) is 1. The summed E-state index contributed by atoms with van der Waals surface area (Å²) in [6, 6.07) is 7.96. The Morgan fingerprint density at radius 1 is 1.40 bits per heavy atom. The molecule has 1 aromatic rings. The quantitative estimate of drug-likeness (QED) is 0.897. The van der Waals surface area contributed by atoms with E-state index < -0.39 is 0 Å². The molecule has 1 N–H and O–H groups in total. The molecular formula is C16H21NO3. The van der Waals surface area contributed by atoms with E-state index in [-0.39, 0.29) is 17.7 Å². The summed E-state index contributed by atoms with van der Waals surface area (Å²) in [6.45, 7) is 2.21. The largest absolute Gasteiger partial charge is 0.487 e. The molecule has 0 aromatic heterocycles. The monoisotopic (exact) mass is 275 g/mol. The zero-order valence-electron chi connectivity index (χ0n) is 11.9. The second kappa shape index (κ2) is 5.35. The van der Waals surface area contributed by atoms with Crippen LogP contribution in [0.2, 0.25) is 0 Å². The summed E-state index contributed by atoms with van der Waals surface area (Å²) in [5.74, 6) is 0.905. The first-order valence-corrected chi connectivity index (χ1v) is 7.44. The van der Waals surface area contributed by atoms with Gasteiger partial charge in [0.05, 0.1) is 12.6 Å². The molecule has 4 heteroatoms. The van der Waals surface area contributed by atoms with Crippen molar-refractivity contribution < 1.29 is 14.3 Å². The normalized spacial score (nSPS) is 22.9. The molecule has 0 bridgehead atoms. The first-order valence-electron chi connectivity index (χ1n) is 7.44. The van der Waals surface area contributed by atoms with Gasteiger partial charge in [0.1, 0.15) is 11.4 Å². The zero-order valence-corrected chi connectivity index (χ0v) is 11.9. The molecule has 108 valence electrons. The molecule has 1 fully saturated rings. The van der Waals surface area contributed by atoms with Crippen molar-refractivity contribution in [3.8, 4) is 5.75 Å². The lowest BCUT2D eigenvalue weighted by Crippen LogP contribution is -2.43. The van der Waals surface area contributed by atoms with Gasteiger partial charge >= 0.3 is 6.09 Å². The van der Waals surface area contributed by atoms with Gasteiger partial charge in [-0.05, 0) is 38.7 Å². The number of rotatable bonds is 2. The smallest absolute Gasteiger partial charge is 0.407 e. The van der Waals surface area contributed by atoms with Crippen LogP contribution in [0.5, 0.6) is 5.75 Å². The minimum Gasteiger partial charge on any atom is -0.487 e. The van der Waals surface area contributed by atoms with Crippen LogP contribution in [-0.2, 0) is 4.74 Å². The topological polar surface area (TPSA) is 47.6 Å². The number of alkyl carbamates (subject to hydrolysis) is 1. The van der Waals surface area contributed by atoms with Gasteiger partial charge in [-0.2, -0.15) is 0 Å². The molecule has 3 rings (SSSR count). The van der Waals surface area contributed by atoms with Crippen LogP contribution in [0.4, 0.5) is 4.79 Å². The Kier molecular flexibility index (Phi) is 3.55. The Balaban J connectivity index is 1.85. The van der Waals surface area contributed by atoms with Crippen LogP contribution in [0.25, 0.3) is 0 Å². The molecule has 1 aliphatic heterocycles. The number of nitrogens with one attached hydrogen (secondary N) is 1. The molecule has 1 amide bonds. The van der Waals surface area contributed by atoms with Gasteiger partial charge in [-0.1, -0.05) is 18.2 Å². The molecule has 1 heterocycles. The third-order valence-corrected chi connectivity index (χ3v) is 4.28. The maximum atomic E-state index is 11.8. The van der Waals surface area contributed by atoms with Crippen molar-refractivity contribution in [2.24, 2.45) is 0 Å². The summed E-state index contributed by atoms with van der Waals surface area (Å²) in [5.41, 5.74) is 0.955. The van der Waals surface area contributed by atoms with Gasteiger partial charge in [0.15, 0.2) is 0 Å². The van der Waals surface area contributed by atoms with Crippen molar-refractivity contribution in [1.29, 1.82) is 0 Å². The van der Waals surface area contributed by atoms with E-state index >= 15 is 0 Å². The van der Waals surface area contributed by atoms with E-state index in [1.165, 1.54) is 12.8 Å². The highest BCUT2D eigenvalue weighted by atomic mass is 16.5. The highest BCUT2D eigenvalue weighted by molar-refractivity contribution is 5.68. The third kappa shape index (κ3) is 2.47. The molecular weight excluding hydrogens is 254 g/mol. The highest BCUT2D eigenvalue weighted by Gasteiger charge is 2.43. The van der Waals surface area contributed by atoms with E-state index in [2.05, 4.69) is 5.32 Å². The standard InChI is InChI=1S/C16H21NO3/c1-2-19-15(18)17-13-11-16(9-5-6-10-16)20-14-8-4-3-7-12(13)14/h3-4,7-8,13H,2,5-6,9-11H2,1H3,(H,17,18)/t13-/m1/s1. The van der Waals surface area contributed by atoms with Gasteiger partial charge < -0.3 is 14.8 Å². The summed E-state index contributed by atoms with van der Waals surface area (Å²) in [7, 11) is 0. The van der Waals surface area contributed by atoms with Crippen LogP contribution in [0.15, 0.2) is 24.3 Å². The lowest BCUT2D eigenvalue weighted by atomic mass is 9.86. The van der Waals surface area contributed by atoms with Crippen molar-refractivity contribution in [1.82, 2.24) is 5.32 Å². The van der Waals surface area contributed by atoms with Gasteiger partial charge in [0, 0.05) is 12.0 Å². The lowest BCUT2D eigenvalue weighted by Gasteiger charge is -2.40. The number of hydrogen-bond acceptors (Lipinski definition) is 3. The van der Waals surface area contributed by atoms with Gasteiger partial charge in [-0.25, -0.2) is 4.79 Å². The molecule has 1 saturated carbocycles. The average molecular weight is 275 g/mol. The molecule has 2 aliphatic rings. The predicted molar refractivity (Wildman–Crippen MR) is 75.8 cm³/mol. The van der Waals surface area contributed by atoms with Crippen LogP contribution >= 0.6 is 0 Å². The Morgan fingerprint density at radius 3 is 2.90 bits per heavy atom. The number of para-hydroxylation sites is 1. The van der Waals surface area contributed by atoms with Gasteiger partial charge in [-0.15, -0.1) is 0 Å². The summed E-state index contributed by atoms with van der Waals surface area (Å²) < 4.78 is 11.3. The summed E-state index contributed by atoms with van der Waals surface area (Å²) >= 11 is 0. The highest BCUT2D eigenvalue weighted by Crippen LogP contribution is 2.46. The molecule has 1 aromatic carbocycles. The molecule has 4 nitrogen and oxygen atoms in total. The Bertz CT molecular complexity index is 494. The second-order valence-electron chi connectivity index (χ2n) is 5.65. The first kappa shape index (κ1) is 13.3. The first-order chi connectivity index (χ1) is 9.72. The molecule has 1 spiro atoms. The van der Waals surface area contributed by atoms with Crippen molar-refractivity contribution >= 4 is 6.09 Å². The number of ether oxygens (including phenoxy) is 2. The summed E-state index contributed by atoms with van der Waals surface area (Å²) in [6.07, 6.45) is 5.04. The fraction of sp³-hybridized carbons (Fsp3) is 0.562. The zero-order chi connectivity index (χ0) is 14.0. The van der Waals surface area contributed by atoms with Crippen molar-refractivity contribution in [2.75, 3.05) is 6.61 Å². The second-order valence-corrected chi connectivity index (χ2v) is 5.65. The van der Waals surface area contributed by atoms with Crippen LogP contribution in [0.3, 0.4) is 0 Å². The van der Waals surface area contributed by atoms with Crippen molar-refractivity contribution in [2.45, 2.75) is 50.7 Å². The lowest BCUT2D eigenvalue weighted by molar-refractivity contribution is 0.0359. The van der Waals surface area contributed by atoms with Crippen molar-refractivity contribution in [3.63, 3.8) is 0 Å². The molecule has 0 unspecified atom stereocenters. The molecule has 1 aliphatic carbocycles. The predicted octanol–water partition coefficient (Wildman–Crippen LogP) is 3.57. The Labute approximate surface area is 119 Å². The van der Waals surface area contributed by atoms with Gasteiger partial charge in [0.25, 0.3) is 0 Å². The van der Waals surface area contributed by atoms with Crippen molar-refractivity contribution in [3.05, 3.63) is 29.8 Å². The third-order valence-electron chi connectivity index (χ3n) is 4.28. The SMILES string of the molecule is CCOC(=O)N[C@@H]1CC2(CCCC2)Oc2ccccc21. The van der Waals surface area contributed by atoms with Crippen LogP contribution in [0, 0.1) is 0 Å². The minimum atomic E-state index is -0.345. The van der Waals surface area contributed by atoms with Crippen LogP contribution in [0.1, 0.15) is 50.6 Å². The maximum absolute atomic E-state index is 11.8. The van der Waals surface area contributed by atoms with E-state index in [1.807, 2.05) is 31.2 Å². The number of amides is 1. The Hall–Kier alpha value is -1.71. The fourth-order valence-corrected chi connectivity index (χ4v) is 3.39. The molecule has 20 heavy (non-hydrogen) atoms. The number of fused-ring (bicyclic) bond motifs is 1. The van der Waals surface area contributed by atoms with Crippen LogP contribution < -0.4 is 10.1 Å². The van der Waals surface area contributed by atoms with E-state index in [1.54, 1.807) is 0 Å². The van der Waals surface area contributed by atoms with E-state index in [9.17, 15) is 4.79 Å².